The zero-order chi connectivity index (χ0) is 11.3. The van der Waals surface area contributed by atoms with Gasteiger partial charge in [-0.05, 0) is 43.1 Å². The van der Waals surface area contributed by atoms with E-state index < -0.39 is 0 Å². The van der Waals surface area contributed by atoms with Gasteiger partial charge in [-0.1, -0.05) is 26.0 Å². The van der Waals surface area contributed by atoms with Crippen LogP contribution >= 0.6 is 0 Å². The maximum absolute atomic E-state index is 5.35. The Morgan fingerprint density at radius 2 is 2.07 bits per heavy atom. The molecular weight excluding hydrogens is 186 g/mol. The van der Waals surface area contributed by atoms with Crippen molar-refractivity contribution in [1.82, 2.24) is 5.32 Å². The lowest BCUT2D eigenvalue weighted by Crippen LogP contribution is -2.11. The van der Waals surface area contributed by atoms with Crippen LogP contribution in [0.25, 0.3) is 0 Å². The lowest BCUT2D eigenvalue weighted by atomic mass is 9.99. The predicted molar refractivity (Wildman–Crippen MR) is 64.7 cm³/mol. The highest BCUT2D eigenvalue weighted by Crippen LogP contribution is 2.24. The molecular formula is C13H21NO. The molecule has 0 aliphatic carbocycles. The summed E-state index contributed by atoms with van der Waals surface area (Å²) in [6.45, 7) is 5.41. The molecule has 0 fully saturated rings. The molecule has 0 atom stereocenters. The van der Waals surface area contributed by atoms with Crippen molar-refractivity contribution in [2.75, 3.05) is 20.7 Å². The van der Waals surface area contributed by atoms with Gasteiger partial charge in [0.1, 0.15) is 5.75 Å². The molecule has 2 heteroatoms. The molecule has 0 aliphatic rings. The van der Waals surface area contributed by atoms with E-state index in [1.807, 2.05) is 7.05 Å². The van der Waals surface area contributed by atoms with Crippen molar-refractivity contribution in [2.24, 2.45) is 0 Å². The maximum atomic E-state index is 5.35. The van der Waals surface area contributed by atoms with Crippen LogP contribution in [0.3, 0.4) is 0 Å². The van der Waals surface area contributed by atoms with Crippen molar-refractivity contribution in [3.05, 3.63) is 29.3 Å². The summed E-state index contributed by atoms with van der Waals surface area (Å²) in [5.41, 5.74) is 2.67. The SMILES string of the molecule is CNCCc1cc(C(C)C)ccc1OC. The second-order valence-electron chi connectivity index (χ2n) is 4.08. The van der Waals surface area contributed by atoms with Crippen LogP contribution in [-0.2, 0) is 6.42 Å². The Hall–Kier alpha value is -1.02. The molecule has 1 N–H and O–H groups in total. The molecule has 0 saturated heterocycles. The summed E-state index contributed by atoms with van der Waals surface area (Å²) in [5.74, 6) is 1.57. The third kappa shape index (κ3) is 3.24. The molecule has 2 nitrogen and oxygen atoms in total. The number of hydrogen-bond acceptors (Lipinski definition) is 2. The second-order valence-corrected chi connectivity index (χ2v) is 4.08. The standard InChI is InChI=1S/C13H21NO/c1-10(2)11-5-6-13(15-4)12(9-11)7-8-14-3/h5-6,9-10,14H,7-8H2,1-4H3. The lowest BCUT2D eigenvalue weighted by Gasteiger charge is -2.12. The summed E-state index contributed by atoms with van der Waals surface area (Å²) in [5, 5.41) is 3.16. The second kappa shape index (κ2) is 5.76. The van der Waals surface area contributed by atoms with Gasteiger partial charge >= 0.3 is 0 Å². The quantitative estimate of drug-likeness (QED) is 0.801. The van der Waals surface area contributed by atoms with Crippen LogP contribution in [0.2, 0.25) is 0 Å². The van der Waals surface area contributed by atoms with E-state index in [2.05, 4.69) is 37.4 Å². The molecule has 15 heavy (non-hydrogen) atoms. The van der Waals surface area contributed by atoms with E-state index in [1.165, 1.54) is 11.1 Å². The first-order chi connectivity index (χ1) is 7.19. The lowest BCUT2D eigenvalue weighted by molar-refractivity contribution is 0.409. The Morgan fingerprint density at radius 3 is 2.60 bits per heavy atom. The number of likely N-dealkylation sites (N-methyl/N-ethyl adjacent to an activating group) is 1. The highest BCUT2D eigenvalue weighted by molar-refractivity contribution is 5.38. The molecule has 0 amide bonds. The van der Waals surface area contributed by atoms with E-state index in [1.54, 1.807) is 7.11 Å². The molecule has 0 heterocycles. The summed E-state index contributed by atoms with van der Waals surface area (Å²) in [4.78, 5) is 0. The van der Waals surface area contributed by atoms with Crippen LogP contribution in [0.1, 0.15) is 30.9 Å². The van der Waals surface area contributed by atoms with Crippen LogP contribution in [-0.4, -0.2) is 20.7 Å². The minimum absolute atomic E-state index is 0.573. The van der Waals surface area contributed by atoms with Gasteiger partial charge in [-0.15, -0.1) is 0 Å². The van der Waals surface area contributed by atoms with Gasteiger partial charge in [0, 0.05) is 0 Å². The number of hydrogen-bond donors (Lipinski definition) is 1. The Labute approximate surface area is 92.6 Å². The number of rotatable bonds is 5. The first kappa shape index (κ1) is 12.1. The van der Waals surface area contributed by atoms with Gasteiger partial charge in [-0.3, -0.25) is 0 Å². The molecule has 1 aromatic rings. The van der Waals surface area contributed by atoms with Crippen molar-refractivity contribution in [1.29, 1.82) is 0 Å². The van der Waals surface area contributed by atoms with Gasteiger partial charge in [-0.2, -0.15) is 0 Å². The first-order valence-electron chi connectivity index (χ1n) is 5.50. The maximum Gasteiger partial charge on any atom is 0.122 e. The van der Waals surface area contributed by atoms with E-state index >= 15 is 0 Å². The third-order valence-corrected chi connectivity index (χ3v) is 2.62. The van der Waals surface area contributed by atoms with Crippen LogP contribution in [0.4, 0.5) is 0 Å². The zero-order valence-corrected chi connectivity index (χ0v) is 10.1. The minimum Gasteiger partial charge on any atom is -0.496 e. The van der Waals surface area contributed by atoms with E-state index in [-0.39, 0.29) is 0 Å². The minimum atomic E-state index is 0.573. The Kier molecular flexibility index (Phi) is 4.63. The van der Waals surface area contributed by atoms with E-state index in [0.29, 0.717) is 5.92 Å². The molecule has 0 saturated carbocycles. The zero-order valence-electron chi connectivity index (χ0n) is 10.1. The fourth-order valence-corrected chi connectivity index (χ4v) is 1.61. The van der Waals surface area contributed by atoms with Gasteiger partial charge in [0.15, 0.2) is 0 Å². The first-order valence-corrected chi connectivity index (χ1v) is 5.50. The van der Waals surface area contributed by atoms with Gasteiger partial charge in [0.25, 0.3) is 0 Å². The Morgan fingerprint density at radius 1 is 1.33 bits per heavy atom. The summed E-state index contributed by atoms with van der Waals surface area (Å²) >= 11 is 0. The molecule has 1 rings (SSSR count). The highest BCUT2D eigenvalue weighted by atomic mass is 16.5. The molecule has 0 aromatic heterocycles. The van der Waals surface area contributed by atoms with Gasteiger partial charge < -0.3 is 10.1 Å². The smallest absolute Gasteiger partial charge is 0.122 e. The number of benzene rings is 1. The van der Waals surface area contributed by atoms with Crippen molar-refractivity contribution >= 4 is 0 Å². The van der Waals surface area contributed by atoms with Gasteiger partial charge in [0.2, 0.25) is 0 Å². The third-order valence-electron chi connectivity index (χ3n) is 2.62. The van der Waals surface area contributed by atoms with Crippen LogP contribution in [0.15, 0.2) is 18.2 Å². The summed E-state index contributed by atoms with van der Waals surface area (Å²) in [7, 11) is 3.70. The van der Waals surface area contributed by atoms with E-state index in [9.17, 15) is 0 Å². The Balaban J connectivity index is 2.91. The average Bonchev–Trinajstić information content (AvgIpc) is 2.25. The fourth-order valence-electron chi connectivity index (χ4n) is 1.61. The van der Waals surface area contributed by atoms with Crippen LogP contribution in [0, 0.1) is 0 Å². The fraction of sp³-hybridized carbons (Fsp3) is 0.538. The topological polar surface area (TPSA) is 21.3 Å². The largest absolute Gasteiger partial charge is 0.496 e. The van der Waals surface area contributed by atoms with Crippen molar-refractivity contribution in [3.63, 3.8) is 0 Å². The summed E-state index contributed by atoms with van der Waals surface area (Å²) in [6, 6.07) is 6.47. The number of methoxy groups -OCH3 is 1. The highest BCUT2D eigenvalue weighted by Gasteiger charge is 2.06. The molecule has 1 aromatic carbocycles. The predicted octanol–water partition coefficient (Wildman–Crippen LogP) is 2.58. The molecule has 0 spiro atoms. The van der Waals surface area contributed by atoms with Crippen LogP contribution in [0.5, 0.6) is 5.75 Å². The molecule has 84 valence electrons. The molecule has 0 unspecified atom stereocenters. The van der Waals surface area contributed by atoms with Gasteiger partial charge in [-0.25, -0.2) is 0 Å². The molecule has 0 radical (unpaired) electrons. The normalized spacial score (nSPS) is 10.7. The van der Waals surface area contributed by atoms with Crippen molar-refractivity contribution in [2.45, 2.75) is 26.2 Å². The van der Waals surface area contributed by atoms with Crippen molar-refractivity contribution in [3.8, 4) is 5.75 Å². The van der Waals surface area contributed by atoms with E-state index in [4.69, 9.17) is 4.74 Å². The summed E-state index contributed by atoms with van der Waals surface area (Å²) < 4.78 is 5.35. The van der Waals surface area contributed by atoms with Gasteiger partial charge in [0.05, 0.1) is 7.11 Å². The van der Waals surface area contributed by atoms with E-state index in [0.717, 1.165) is 18.7 Å². The molecule has 0 aliphatic heterocycles. The monoisotopic (exact) mass is 207 g/mol. The average molecular weight is 207 g/mol. The number of ether oxygens (including phenoxy) is 1. The Bertz CT molecular complexity index is 307. The number of nitrogens with one attached hydrogen (secondary N) is 1. The molecule has 0 bridgehead atoms. The van der Waals surface area contributed by atoms with Crippen LogP contribution < -0.4 is 10.1 Å². The van der Waals surface area contributed by atoms with Crippen molar-refractivity contribution < 1.29 is 4.74 Å². The summed E-state index contributed by atoms with van der Waals surface area (Å²) in [6.07, 6.45) is 1.01.